The quantitative estimate of drug-likeness (QED) is 0.599. The molecule has 0 N–H and O–H groups in total. The number of rotatable bonds is 6. The van der Waals surface area contributed by atoms with Crippen molar-refractivity contribution in [3.8, 4) is 0 Å². The lowest BCUT2D eigenvalue weighted by Gasteiger charge is -2.10. The predicted molar refractivity (Wildman–Crippen MR) is 58.2 cm³/mol. The second-order valence-corrected chi connectivity index (χ2v) is 3.05. The Morgan fingerprint density at radius 1 is 1.08 bits per heavy atom. The molecule has 0 amide bonds. The minimum atomic E-state index is 0.247. The van der Waals surface area contributed by atoms with E-state index in [2.05, 4.69) is 20.8 Å². The number of hydrogen-bond donors (Lipinski definition) is 0. The normalized spacial score (nSPS) is 11.8. The summed E-state index contributed by atoms with van der Waals surface area (Å²) in [6.45, 7) is 12.7. The largest absolute Gasteiger partial charge is 0.379 e. The van der Waals surface area contributed by atoms with Crippen LogP contribution in [0.1, 0.15) is 47.5 Å². The third-order valence-corrected chi connectivity index (χ3v) is 1.15. The molecule has 0 fully saturated rings. The van der Waals surface area contributed by atoms with Crippen molar-refractivity contribution in [3.63, 3.8) is 0 Å². The summed E-state index contributed by atoms with van der Waals surface area (Å²) in [6.07, 6.45) is 2.58. The summed E-state index contributed by atoms with van der Waals surface area (Å²) in [4.78, 5) is 0. The van der Waals surface area contributed by atoms with Crippen molar-refractivity contribution in [3.05, 3.63) is 0 Å². The van der Waals surface area contributed by atoms with Crippen LogP contribution in [0.5, 0.6) is 0 Å². The summed E-state index contributed by atoms with van der Waals surface area (Å²) in [5.74, 6) is 0. The number of hydrogen-bond acceptors (Lipinski definition) is 2. The van der Waals surface area contributed by atoms with Crippen LogP contribution in [0.2, 0.25) is 0 Å². The standard InChI is InChI=1S/C8H18O2.C3H8/c1-4-6-9-7-8(3)10-5-2;1-3-2/h8H,4-7H2,1-3H3;3H2,1-2H3. The molecule has 0 aromatic heterocycles. The fourth-order valence-corrected chi connectivity index (χ4v) is 0.726. The Morgan fingerprint density at radius 3 is 2.00 bits per heavy atom. The minimum Gasteiger partial charge on any atom is -0.379 e. The Bertz CT molecular complexity index is 74.5. The lowest BCUT2D eigenvalue weighted by molar-refractivity contribution is -0.00123. The maximum atomic E-state index is 5.27. The molecule has 2 nitrogen and oxygen atoms in total. The summed E-state index contributed by atoms with van der Waals surface area (Å²) in [5, 5.41) is 0. The fraction of sp³-hybridized carbons (Fsp3) is 1.00. The van der Waals surface area contributed by atoms with Gasteiger partial charge in [0.25, 0.3) is 0 Å². The Morgan fingerprint density at radius 2 is 1.62 bits per heavy atom. The van der Waals surface area contributed by atoms with E-state index in [1.165, 1.54) is 6.42 Å². The van der Waals surface area contributed by atoms with E-state index in [1.54, 1.807) is 0 Å². The van der Waals surface area contributed by atoms with E-state index in [4.69, 9.17) is 9.47 Å². The van der Waals surface area contributed by atoms with Gasteiger partial charge in [-0.3, -0.25) is 0 Å². The van der Waals surface area contributed by atoms with Gasteiger partial charge < -0.3 is 9.47 Å². The van der Waals surface area contributed by atoms with Crippen LogP contribution in [-0.2, 0) is 9.47 Å². The van der Waals surface area contributed by atoms with Gasteiger partial charge in [-0.1, -0.05) is 27.2 Å². The molecular weight excluding hydrogens is 164 g/mol. The van der Waals surface area contributed by atoms with E-state index >= 15 is 0 Å². The highest BCUT2D eigenvalue weighted by Gasteiger charge is 1.98. The van der Waals surface area contributed by atoms with Gasteiger partial charge in [-0.15, -0.1) is 0 Å². The topological polar surface area (TPSA) is 18.5 Å². The molecule has 0 aromatic rings. The van der Waals surface area contributed by atoms with Crippen LogP contribution < -0.4 is 0 Å². The van der Waals surface area contributed by atoms with Crippen molar-refractivity contribution < 1.29 is 9.47 Å². The van der Waals surface area contributed by atoms with Crippen LogP contribution in [0.25, 0.3) is 0 Å². The molecule has 0 heterocycles. The Labute approximate surface area is 83.6 Å². The third-order valence-electron chi connectivity index (χ3n) is 1.15. The van der Waals surface area contributed by atoms with Gasteiger partial charge in [0, 0.05) is 13.2 Å². The molecule has 0 bridgehead atoms. The van der Waals surface area contributed by atoms with Gasteiger partial charge in [0.1, 0.15) is 0 Å². The summed E-state index contributed by atoms with van der Waals surface area (Å²) in [5.41, 5.74) is 0. The molecule has 0 aliphatic heterocycles. The molecular formula is C11H26O2. The van der Waals surface area contributed by atoms with Gasteiger partial charge >= 0.3 is 0 Å². The molecule has 0 rings (SSSR count). The Kier molecular flexibility index (Phi) is 17.1. The lowest BCUT2D eigenvalue weighted by Crippen LogP contribution is -2.15. The van der Waals surface area contributed by atoms with Crippen LogP contribution in [-0.4, -0.2) is 25.9 Å². The molecule has 1 unspecified atom stereocenters. The second-order valence-electron chi connectivity index (χ2n) is 3.05. The fourth-order valence-electron chi connectivity index (χ4n) is 0.726. The average Bonchev–Trinajstić information content (AvgIpc) is 2.07. The first kappa shape index (κ1) is 15.4. The molecule has 0 radical (unpaired) electrons. The second kappa shape index (κ2) is 14.4. The van der Waals surface area contributed by atoms with Crippen LogP contribution >= 0.6 is 0 Å². The molecule has 13 heavy (non-hydrogen) atoms. The third kappa shape index (κ3) is 18.7. The zero-order chi connectivity index (χ0) is 10.5. The van der Waals surface area contributed by atoms with E-state index in [9.17, 15) is 0 Å². The van der Waals surface area contributed by atoms with Gasteiger partial charge in [0.15, 0.2) is 0 Å². The summed E-state index contributed by atoms with van der Waals surface area (Å²) in [6, 6.07) is 0. The van der Waals surface area contributed by atoms with Crippen molar-refractivity contribution in [2.24, 2.45) is 0 Å². The number of ether oxygens (including phenoxy) is 2. The first-order valence-electron chi connectivity index (χ1n) is 5.42. The van der Waals surface area contributed by atoms with E-state index in [0.29, 0.717) is 0 Å². The highest BCUT2D eigenvalue weighted by molar-refractivity contribution is 4.44. The van der Waals surface area contributed by atoms with Gasteiger partial charge in [0.2, 0.25) is 0 Å². The molecule has 82 valence electrons. The van der Waals surface area contributed by atoms with E-state index < -0.39 is 0 Å². The van der Waals surface area contributed by atoms with Gasteiger partial charge in [-0.05, 0) is 20.3 Å². The maximum absolute atomic E-state index is 5.27. The smallest absolute Gasteiger partial charge is 0.0780 e. The highest BCUT2D eigenvalue weighted by atomic mass is 16.5. The van der Waals surface area contributed by atoms with Crippen LogP contribution in [0.15, 0.2) is 0 Å². The molecule has 0 aliphatic rings. The van der Waals surface area contributed by atoms with E-state index in [-0.39, 0.29) is 6.10 Å². The van der Waals surface area contributed by atoms with Gasteiger partial charge in [0.05, 0.1) is 12.7 Å². The highest BCUT2D eigenvalue weighted by Crippen LogP contribution is 1.91. The first-order valence-corrected chi connectivity index (χ1v) is 5.42. The van der Waals surface area contributed by atoms with Crippen LogP contribution in [0, 0.1) is 0 Å². The minimum absolute atomic E-state index is 0.247. The Balaban J connectivity index is 0. The van der Waals surface area contributed by atoms with Crippen LogP contribution in [0.3, 0.4) is 0 Å². The summed E-state index contributed by atoms with van der Waals surface area (Å²) >= 11 is 0. The first-order chi connectivity index (χ1) is 6.22. The van der Waals surface area contributed by atoms with Crippen molar-refractivity contribution >= 4 is 0 Å². The molecule has 2 heteroatoms. The van der Waals surface area contributed by atoms with E-state index in [0.717, 1.165) is 26.2 Å². The summed E-state index contributed by atoms with van der Waals surface area (Å²) in [7, 11) is 0. The average molecular weight is 190 g/mol. The maximum Gasteiger partial charge on any atom is 0.0780 e. The monoisotopic (exact) mass is 190 g/mol. The van der Waals surface area contributed by atoms with Gasteiger partial charge in [-0.2, -0.15) is 0 Å². The molecule has 0 saturated carbocycles. The molecule has 0 aromatic carbocycles. The van der Waals surface area contributed by atoms with Crippen molar-refractivity contribution in [1.82, 2.24) is 0 Å². The molecule has 0 saturated heterocycles. The van der Waals surface area contributed by atoms with Crippen molar-refractivity contribution in [2.45, 2.75) is 53.6 Å². The SMILES string of the molecule is CCC.CCCOCC(C)OCC. The Hall–Kier alpha value is -0.0800. The lowest BCUT2D eigenvalue weighted by atomic mass is 10.4. The van der Waals surface area contributed by atoms with E-state index in [1.807, 2.05) is 13.8 Å². The van der Waals surface area contributed by atoms with Gasteiger partial charge in [-0.25, -0.2) is 0 Å². The molecule has 1 atom stereocenters. The summed E-state index contributed by atoms with van der Waals surface area (Å²) < 4.78 is 10.5. The molecule has 0 spiro atoms. The zero-order valence-electron chi connectivity index (χ0n) is 9.93. The van der Waals surface area contributed by atoms with Crippen LogP contribution in [0.4, 0.5) is 0 Å². The predicted octanol–water partition coefficient (Wildman–Crippen LogP) is 3.25. The van der Waals surface area contributed by atoms with Crippen molar-refractivity contribution in [1.29, 1.82) is 0 Å². The zero-order valence-corrected chi connectivity index (χ0v) is 9.93. The van der Waals surface area contributed by atoms with Crippen molar-refractivity contribution in [2.75, 3.05) is 19.8 Å². The molecule has 0 aliphatic carbocycles.